The molecule has 0 unspecified atom stereocenters. The first-order chi connectivity index (χ1) is 7.21. The molecule has 2 fully saturated rings. The van der Waals surface area contributed by atoms with Gasteiger partial charge in [-0.15, -0.1) is 0 Å². The van der Waals surface area contributed by atoms with Gasteiger partial charge in [-0.25, -0.2) is 0 Å². The van der Waals surface area contributed by atoms with Crippen molar-refractivity contribution in [1.82, 2.24) is 0 Å². The average molecular weight is 206 g/mol. The topological polar surface area (TPSA) is 43.4 Å². The van der Waals surface area contributed by atoms with Crippen LogP contribution in [0.15, 0.2) is 12.2 Å². The van der Waals surface area contributed by atoms with E-state index in [0.717, 1.165) is 25.7 Å². The van der Waals surface area contributed by atoms with Gasteiger partial charge in [-0.3, -0.25) is 9.59 Å². The van der Waals surface area contributed by atoms with Crippen LogP contribution in [0.4, 0.5) is 0 Å². The third kappa shape index (κ3) is 0.869. The molecule has 0 aromatic rings. The number of cyclic esters (lactones) is 2. The zero-order valence-electron chi connectivity index (χ0n) is 8.62. The van der Waals surface area contributed by atoms with E-state index in [4.69, 9.17) is 4.74 Å². The Morgan fingerprint density at radius 2 is 1.40 bits per heavy atom. The van der Waals surface area contributed by atoms with Gasteiger partial charge in [0.25, 0.3) is 0 Å². The standard InChI is InChI=1S/C12H14O3/c13-9-11-5-1-2-6-12(11,10(14)15-9)8-4-3-7-11/h1-2H,3-8H2/t11-,12-/m0/s1. The average Bonchev–Trinajstić information content (AvgIpc) is 2.50. The summed E-state index contributed by atoms with van der Waals surface area (Å²) in [4.78, 5) is 23.8. The Hall–Kier alpha value is -1.12. The van der Waals surface area contributed by atoms with Crippen molar-refractivity contribution in [3.8, 4) is 0 Å². The van der Waals surface area contributed by atoms with Crippen molar-refractivity contribution in [1.29, 1.82) is 0 Å². The molecular weight excluding hydrogens is 192 g/mol. The van der Waals surface area contributed by atoms with Crippen molar-refractivity contribution in [3.63, 3.8) is 0 Å². The number of rotatable bonds is 0. The van der Waals surface area contributed by atoms with E-state index < -0.39 is 10.8 Å². The summed E-state index contributed by atoms with van der Waals surface area (Å²) < 4.78 is 4.92. The maximum Gasteiger partial charge on any atom is 0.321 e. The summed E-state index contributed by atoms with van der Waals surface area (Å²) in [6, 6.07) is 0. The van der Waals surface area contributed by atoms with E-state index in [1.807, 2.05) is 12.2 Å². The summed E-state index contributed by atoms with van der Waals surface area (Å²) in [5, 5.41) is 0. The lowest BCUT2D eigenvalue weighted by molar-refractivity contribution is -0.155. The molecule has 3 nitrogen and oxygen atoms in total. The molecule has 0 radical (unpaired) electrons. The van der Waals surface area contributed by atoms with Crippen LogP contribution in [0.2, 0.25) is 0 Å². The SMILES string of the molecule is O=C1OC(=O)[C@@]23CC=CC[C@]12CCCC3. The first kappa shape index (κ1) is 9.13. The van der Waals surface area contributed by atoms with Gasteiger partial charge < -0.3 is 4.74 Å². The maximum absolute atomic E-state index is 11.9. The second-order valence-corrected chi connectivity index (χ2v) is 4.93. The van der Waals surface area contributed by atoms with Gasteiger partial charge in [0.2, 0.25) is 0 Å². The van der Waals surface area contributed by atoms with Crippen LogP contribution in [0, 0.1) is 10.8 Å². The number of carbonyl (C=O) groups is 2. The second kappa shape index (κ2) is 2.71. The second-order valence-electron chi connectivity index (χ2n) is 4.93. The Bertz CT molecular complexity index is 337. The molecule has 3 aliphatic rings. The molecular formula is C12H14O3. The minimum atomic E-state index is -0.503. The van der Waals surface area contributed by atoms with E-state index in [1.165, 1.54) is 0 Å². The van der Waals surface area contributed by atoms with Gasteiger partial charge in [-0.1, -0.05) is 25.0 Å². The Balaban J connectivity index is 2.17. The number of hydrogen-bond acceptors (Lipinski definition) is 3. The number of allylic oxidation sites excluding steroid dienone is 2. The summed E-state index contributed by atoms with van der Waals surface area (Å²) in [5.74, 6) is -0.534. The number of hydrogen-bond donors (Lipinski definition) is 0. The lowest BCUT2D eigenvalue weighted by atomic mass is 9.53. The molecule has 2 aliphatic carbocycles. The highest BCUT2D eigenvalue weighted by molar-refractivity contribution is 6.02. The van der Waals surface area contributed by atoms with E-state index >= 15 is 0 Å². The van der Waals surface area contributed by atoms with Gasteiger partial charge in [-0.2, -0.15) is 0 Å². The van der Waals surface area contributed by atoms with Crippen LogP contribution in [-0.2, 0) is 14.3 Å². The van der Waals surface area contributed by atoms with Gasteiger partial charge in [0.05, 0.1) is 10.8 Å². The molecule has 0 amide bonds. The highest BCUT2D eigenvalue weighted by Gasteiger charge is 2.68. The molecule has 0 spiro atoms. The normalized spacial score (nSPS) is 43.5. The Labute approximate surface area is 88.5 Å². The van der Waals surface area contributed by atoms with Crippen molar-refractivity contribution in [3.05, 3.63) is 12.2 Å². The van der Waals surface area contributed by atoms with Crippen LogP contribution in [0.3, 0.4) is 0 Å². The summed E-state index contributed by atoms with van der Waals surface area (Å²) in [6.07, 6.45) is 9.17. The largest absolute Gasteiger partial charge is 0.392 e. The summed E-state index contributed by atoms with van der Waals surface area (Å²) in [5.41, 5.74) is -1.01. The first-order valence-corrected chi connectivity index (χ1v) is 5.63. The van der Waals surface area contributed by atoms with Crippen molar-refractivity contribution in [2.24, 2.45) is 10.8 Å². The predicted octanol–water partition coefficient (Wildman–Crippen LogP) is 1.97. The van der Waals surface area contributed by atoms with E-state index in [-0.39, 0.29) is 11.9 Å². The monoisotopic (exact) mass is 206 g/mol. The van der Waals surface area contributed by atoms with Crippen LogP contribution in [0.1, 0.15) is 38.5 Å². The molecule has 80 valence electrons. The lowest BCUT2D eigenvalue weighted by Gasteiger charge is -2.44. The molecule has 0 aromatic carbocycles. The first-order valence-electron chi connectivity index (χ1n) is 5.63. The fourth-order valence-corrected chi connectivity index (χ4v) is 3.54. The van der Waals surface area contributed by atoms with Gasteiger partial charge in [0.15, 0.2) is 0 Å². The molecule has 0 aromatic heterocycles. The van der Waals surface area contributed by atoms with E-state index in [9.17, 15) is 9.59 Å². The Morgan fingerprint density at radius 1 is 0.933 bits per heavy atom. The van der Waals surface area contributed by atoms with E-state index in [1.54, 1.807) is 0 Å². The van der Waals surface area contributed by atoms with Gasteiger partial charge in [-0.05, 0) is 25.7 Å². The maximum atomic E-state index is 11.9. The molecule has 1 heterocycles. The molecule has 3 heteroatoms. The summed E-state index contributed by atoms with van der Waals surface area (Å²) >= 11 is 0. The molecule has 2 atom stereocenters. The number of esters is 2. The smallest absolute Gasteiger partial charge is 0.321 e. The zero-order valence-corrected chi connectivity index (χ0v) is 8.62. The van der Waals surface area contributed by atoms with Gasteiger partial charge in [0.1, 0.15) is 0 Å². The molecule has 1 aliphatic heterocycles. The molecule has 3 rings (SSSR count). The summed E-state index contributed by atoms with van der Waals surface area (Å²) in [7, 11) is 0. The minimum Gasteiger partial charge on any atom is -0.392 e. The molecule has 1 saturated heterocycles. The van der Waals surface area contributed by atoms with Gasteiger partial charge in [0, 0.05) is 0 Å². The quantitative estimate of drug-likeness (QED) is 0.346. The number of carbonyl (C=O) groups excluding carboxylic acids is 2. The van der Waals surface area contributed by atoms with Crippen LogP contribution in [0.5, 0.6) is 0 Å². The van der Waals surface area contributed by atoms with Crippen LogP contribution in [0.25, 0.3) is 0 Å². The lowest BCUT2D eigenvalue weighted by Crippen LogP contribution is -2.48. The van der Waals surface area contributed by atoms with Crippen molar-refractivity contribution in [2.75, 3.05) is 0 Å². The highest BCUT2D eigenvalue weighted by Crippen LogP contribution is 2.61. The molecule has 15 heavy (non-hydrogen) atoms. The van der Waals surface area contributed by atoms with Crippen LogP contribution >= 0.6 is 0 Å². The molecule has 0 N–H and O–H groups in total. The van der Waals surface area contributed by atoms with Crippen molar-refractivity contribution < 1.29 is 14.3 Å². The van der Waals surface area contributed by atoms with Crippen LogP contribution in [-0.4, -0.2) is 11.9 Å². The third-order valence-corrected chi connectivity index (χ3v) is 4.44. The minimum absolute atomic E-state index is 0.267. The Kier molecular flexibility index (Phi) is 1.65. The van der Waals surface area contributed by atoms with Gasteiger partial charge >= 0.3 is 11.9 Å². The summed E-state index contributed by atoms with van der Waals surface area (Å²) in [6.45, 7) is 0. The van der Waals surface area contributed by atoms with E-state index in [2.05, 4.69) is 0 Å². The fraction of sp³-hybridized carbons (Fsp3) is 0.667. The molecule has 1 saturated carbocycles. The predicted molar refractivity (Wildman–Crippen MR) is 52.8 cm³/mol. The van der Waals surface area contributed by atoms with Crippen molar-refractivity contribution in [2.45, 2.75) is 38.5 Å². The van der Waals surface area contributed by atoms with Crippen LogP contribution < -0.4 is 0 Å². The third-order valence-electron chi connectivity index (χ3n) is 4.44. The number of ether oxygens (including phenoxy) is 1. The Morgan fingerprint density at radius 3 is 1.87 bits per heavy atom. The van der Waals surface area contributed by atoms with Crippen molar-refractivity contribution >= 4 is 11.9 Å². The van der Waals surface area contributed by atoms with E-state index in [0.29, 0.717) is 12.8 Å². The molecule has 0 bridgehead atoms. The fourth-order valence-electron chi connectivity index (χ4n) is 3.54. The zero-order chi connectivity index (χ0) is 10.5. The highest BCUT2D eigenvalue weighted by atomic mass is 16.6.